The third-order valence-electron chi connectivity index (χ3n) is 1.71. The Morgan fingerprint density at radius 3 is 2.67 bits per heavy atom. The molecule has 0 aromatic rings. The fourth-order valence-corrected chi connectivity index (χ4v) is 0.928. The quantitative estimate of drug-likeness (QED) is 0.492. The van der Waals surface area contributed by atoms with E-state index in [1.54, 1.807) is 0 Å². The van der Waals surface area contributed by atoms with Crippen molar-refractivity contribution in [3.8, 4) is 6.07 Å². The molecule has 1 fully saturated rings. The Morgan fingerprint density at radius 2 is 2.44 bits per heavy atom. The number of nitrogens with two attached hydrogens (primary N) is 1. The maximum absolute atomic E-state index is 8.44. The van der Waals surface area contributed by atoms with E-state index in [4.69, 9.17) is 15.7 Å². The average molecular weight is 126 g/mol. The van der Waals surface area contributed by atoms with Crippen LogP contribution in [0.25, 0.3) is 0 Å². The molecule has 1 aliphatic heterocycles. The minimum Gasteiger partial charge on any atom is -0.375 e. The smallest absolute Gasteiger partial charge is 0.0873 e. The van der Waals surface area contributed by atoms with E-state index >= 15 is 0 Å². The zero-order valence-electron chi connectivity index (χ0n) is 5.37. The van der Waals surface area contributed by atoms with Crippen LogP contribution in [-0.4, -0.2) is 18.8 Å². The van der Waals surface area contributed by atoms with Gasteiger partial charge in [-0.3, -0.25) is 0 Å². The molecule has 1 rings (SSSR count). The number of nitrogens with zero attached hydrogens (tertiary/aromatic N) is 1. The van der Waals surface area contributed by atoms with Crippen LogP contribution in [0.5, 0.6) is 0 Å². The molecular weight excluding hydrogens is 116 g/mol. The maximum atomic E-state index is 8.44. The molecule has 1 saturated heterocycles. The molecule has 1 aliphatic rings. The Bertz CT molecular complexity index is 140. The minimum absolute atomic E-state index is 0.0506. The Kier molecular flexibility index (Phi) is 1.70. The predicted molar refractivity (Wildman–Crippen MR) is 32.5 cm³/mol. The van der Waals surface area contributed by atoms with Crippen LogP contribution in [0.4, 0.5) is 0 Å². The first-order valence-electron chi connectivity index (χ1n) is 3.02. The van der Waals surface area contributed by atoms with Gasteiger partial charge in [-0.25, -0.2) is 0 Å². The second-order valence-corrected chi connectivity index (χ2v) is 2.35. The second kappa shape index (κ2) is 2.34. The summed E-state index contributed by atoms with van der Waals surface area (Å²) in [5.41, 5.74) is 5.59. The maximum Gasteiger partial charge on any atom is 0.0873 e. The molecule has 3 nitrogen and oxygen atoms in total. The molecular formula is C6H10N2O. The van der Waals surface area contributed by atoms with Crippen molar-refractivity contribution in [3.63, 3.8) is 0 Å². The summed E-state index contributed by atoms with van der Waals surface area (Å²) in [6.07, 6.45) is 0.0506. The van der Waals surface area contributed by atoms with Crippen molar-refractivity contribution in [2.75, 3.05) is 6.61 Å². The third kappa shape index (κ3) is 1.04. The summed E-state index contributed by atoms with van der Waals surface area (Å²) < 4.78 is 5.12. The summed E-state index contributed by atoms with van der Waals surface area (Å²) in [4.78, 5) is 0. The Hall–Kier alpha value is -0.590. The molecule has 0 saturated carbocycles. The van der Waals surface area contributed by atoms with Crippen LogP contribution in [-0.2, 0) is 4.74 Å². The first-order valence-corrected chi connectivity index (χ1v) is 3.02. The van der Waals surface area contributed by atoms with Gasteiger partial charge in [0.15, 0.2) is 0 Å². The van der Waals surface area contributed by atoms with Gasteiger partial charge in [0.2, 0.25) is 0 Å². The SMILES string of the molecule is C[C@H]1OC[C@H](C#N)[C@@H]1N. The van der Waals surface area contributed by atoms with Gasteiger partial charge in [-0.2, -0.15) is 5.26 Å². The summed E-state index contributed by atoms with van der Waals surface area (Å²) >= 11 is 0. The average Bonchev–Trinajstić information content (AvgIpc) is 2.15. The van der Waals surface area contributed by atoms with Crippen LogP contribution < -0.4 is 5.73 Å². The molecule has 3 atom stereocenters. The lowest BCUT2D eigenvalue weighted by atomic mass is 10.0. The van der Waals surface area contributed by atoms with E-state index in [9.17, 15) is 0 Å². The molecule has 3 heteroatoms. The second-order valence-electron chi connectivity index (χ2n) is 2.35. The van der Waals surface area contributed by atoms with Gasteiger partial charge in [-0.15, -0.1) is 0 Å². The van der Waals surface area contributed by atoms with E-state index in [1.807, 2.05) is 6.92 Å². The summed E-state index contributed by atoms with van der Waals surface area (Å²) in [6.45, 7) is 2.39. The van der Waals surface area contributed by atoms with Gasteiger partial charge in [-0.05, 0) is 6.92 Å². The molecule has 0 aromatic heterocycles. The van der Waals surface area contributed by atoms with Gasteiger partial charge < -0.3 is 10.5 Å². The number of hydrogen-bond donors (Lipinski definition) is 1. The molecule has 0 radical (unpaired) electrons. The van der Waals surface area contributed by atoms with E-state index in [2.05, 4.69) is 6.07 Å². The standard InChI is InChI=1S/C6H10N2O/c1-4-6(8)5(2-7)3-9-4/h4-6H,3,8H2,1H3/t4-,5+,6-/m1/s1. The van der Waals surface area contributed by atoms with E-state index in [1.165, 1.54) is 0 Å². The molecule has 50 valence electrons. The molecule has 0 bridgehead atoms. The van der Waals surface area contributed by atoms with Crippen LogP contribution in [0.1, 0.15) is 6.92 Å². The summed E-state index contributed by atoms with van der Waals surface area (Å²) in [5.74, 6) is -0.0972. The number of hydrogen-bond acceptors (Lipinski definition) is 3. The molecule has 0 spiro atoms. The third-order valence-corrected chi connectivity index (χ3v) is 1.71. The van der Waals surface area contributed by atoms with Crippen molar-refractivity contribution in [1.82, 2.24) is 0 Å². The monoisotopic (exact) mass is 126 g/mol. The Morgan fingerprint density at radius 1 is 1.78 bits per heavy atom. The molecule has 0 aliphatic carbocycles. The molecule has 2 N–H and O–H groups in total. The van der Waals surface area contributed by atoms with Gasteiger partial charge in [0.25, 0.3) is 0 Å². The lowest BCUT2D eigenvalue weighted by Crippen LogP contribution is -2.33. The molecule has 9 heavy (non-hydrogen) atoms. The van der Waals surface area contributed by atoms with Crippen molar-refractivity contribution in [2.45, 2.75) is 19.1 Å². The van der Waals surface area contributed by atoms with Crippen LogP contribution in [0.15, 0.2) is 0 Å². The van der Waals surface area contributed by atoms with E-state index in [0.717, 1.165) is 0 Å². The zero-order chi connectivity index (χ0) is 6.85. The minimum atomic E-state index is -0.0972. The van der Waals surface area contributed by atoms with Crippen LogP contribution in [0.3, 0.4) is 0 Å². The van der Waals surface area contributed by atoms with Gasteiger partial charge in [0.1, 0.15) is 0 Å². The van der Waals surface area contributed by atoms with Crippen molar-refractivity contribution >= 4 is 0 Å². The first kappa shape index (κ1) is 6.53. The van der Waals surface area contributed by atoms with Crippen LogP contribution in [0, 0.1) is 17.2 Å². The van der Waals surface area contributed by atoms with Crippen LogP contribution in [0.2, 0.25) is 0 Å². The number of rotatable bonds is 0. The van der Waals surface area contributed by atoms with Crippen molar-refractivity contribution in [3.05, 3.63) is 0 Å². The summed E-state index contributed by atoms with van der Waals surface area (Å²) in [5, 5.41) is 8.44. The lowest BCUT2D eigenvalue weighted by Gasteiger charge is -2.07. The number of ether oxygens (including phenoxy) is 1. The molecule has 1 heterocycles. The highest BCUT2D eigenvalue weighted by Crippen LogP contribution is 2.16. The van der Waals surface area contributed by atoms with Crippen molar-refractivity contribution < 1.29 is 4.74 Å². The molecule has 0 aromatic carbocycles. The predicted octanol–water partition coefficient (Wildman–Crippen LogP) is -0.128. The lowest BCUT2D eigenvalue weighted by molar-refractivity contribution is 0.117. The fraction of sp³-hybridized carbons (Fsp3) is 0.833. The van der Waals surface area contributed by atoms with Gasteiger partial charge in [0.05, 0.1) is 24.7 Å². The first-order chi connectivity index (χ1) is 4.25. The van der Waals surface area contributed by atoms with Crippen molar-refractivity contribution in [1.29, 1.82) is 5.26 Å². The zero-order valence-corrected chi connectivity index (χ0v) is 5.37. The molecule has 0 amide bonds. The topological polar surface area (TPSA) is 59.0 Å². The van der Waals surface area contributed by atoms with Crippen molar-refractivity contribution in [2.24, 2.45) is 11.7 Å². The highest BCUT2D eigenvalue weighted by molar-refractivity contribution is 4.97. The van der Waals surface area contributed by atoms with Crippen LogP contribution >= 0.6 is 0 Å². The molecule has 0 unspecified atom stereocenters. The van der Waals surface area contributed by atoms with Gasteiger partial charge in [-0.1, -0.05) is 0 Å². The van der Waals surface area contributed by atoms with E-state index in [0.29, 0.717) is 6.61 Å². The highest BCUT2D eigenvalue weighted by Gasteiger charge is 2.30. The Balaban J connectivity index is 2.54. The highest BCUT2D eigenvalue weighted by atomic mass is 16.5. The van der Waals surface area contributed by atoms with Gasteiger partial charge >= 0.3 is 0 Å². The van der Waals surface area contributed by atoms with E-state index in [-0.39, 0.29) is 18.1 Å². The fourth-order valence-electron chi connectivity index (χ4n) is 0.928. The Labute approximate surface area is 54.4 Å². The van der Waals surface area contributed by atoms with E-state index < -0.39 is 0 Å². The summed E-state index contributed by atoms with van der Waals surface area (Å²) in [7, 11) is 0. The number of nitriles is 1. The summed E-state index contributed by atoms with van der Waals surface area (Å²) in [6, 6.07) is 2.01. The normalized spacial score (nSPS) is 42.6. The largest absolute Gasteiger partial charge is 0.375 e. The van der Waals surface area contributed by atoms with Gasteiger partial charge in [0, 0.05) is 6.04 Å².